The molecule has 0 bridgehead atoms. The van der Waals surface area contributed by atoms with E-state index < -0.39 is 11.1 Å². The molecule has 0 unspecified atom stereocenters. The van der Waals surface area contributed by atoms with Crippen molar-refractivity contribution in [3.63, 3.8) is 0 Å². The number of carbonyl (C=O) groups excluding carboxylic acids is 2. The predicted octanol–water partition coefficient (Wildman–Crippen LogP) is 3.37. The zero-order valence-electron chi connectivity index (χ0n) is 16.2. The molecule has 30 heavy (non-hydrogen) atoms. The van der Waals surface area contributed by atoms with E-state index in [2.05, 4.69) is 10.6 Å². The van der Waals surface area contributed by atoms with E-state index in [0.29, 0.717) is 37.2 Å². The van der Waals surface area contributed by atoms with Gasteiger partial charge in [-0.25, -0.2) is 4.79 Å². The minimum Gasteiger partial charge on any atom is -0.450 e. The van der Waals surface area contributed by atoms with Crippen LogP contribution in [0.15, 0.2) is 30.3 Å². The quantitative estimate of drug-likeness (QED) is 0.570. The number of fused-ring (bicyclic) bond motifs is 3. The Morgan fingerprint density at radius 3 is 3.03 bits per heavy atom. The Balaban J connectivity index is 1.51. The maximum atomic E-state index is 12.7. The molecule has 2 N–H and O–H groups in total. The van der Waals surface area contributed by atoms with Crippen LogP contribution < -0.4 is 10.6 Å². The van der Waals surface area contributed by atoms with Crippen molar-refractivity contribution in [1.29, 1.82) is 0 Å². The lowest BCUT2D eigenvalue weighted by Crippen LogP contribution is -2.43. The van der Waals surface area contributed by atoms with E-state index in [1.54, 1.807) is 36.1 Å². The van der Waals surface area contributed by atoms with Gasteiger partial charge < -0.3 is 20.3 Å². The Morgan fingerprint density at radius 1 is 1.43 bits per heavy atom. The molecule has 3 heterocycles. The van der Waals surface area contributed by atoms with Gasteiger partial charge in [-0.05, 0) is 30.5 Å². The van der Waals surface area contributed by atoms with Crippen LogP contribution in [0.4, 0.5) is 15.5 Å². The lowest BCUT2D eigenvalue weighted by Gasteiger charge is -2.27. The van der Waals surface area contributed by atoms with Gasteiger partial charge in [0.25, 0.3) is 11.6 Å². The van der Waals surface area contributed by atoms with Gasteiger partial charge >= 0.3 is 6.09 Å². The summed E-state index contributed by atoms with van der Waals surface area (Å²) in [7, 11) is 0. The Kier molecular flexibility index (Phi) is 5.40. The van der Waals surface area contributed by atoms with Gasteiger partial charge in [-0.2, -0.15) is 0 Å². The van der Waals surface area contributed by atoms with Gasteiger partial charge in [0.2, 0.25) is 0 Å². The van der Waals surface area contributed by atoms with Crippen LogP contribution in [0.5, 0.6) is 0 Å². The highest BCUT2D eigenvalue weighted by Crippen LogP contribution is 2.39. The molecule has 2 aromatic rings. The zero-order chi connectivity index (χ0) is 21.3. The molecule has 0 spiro atoms. The van der Waals surface area contributed by atoms with Crippen molar-refractivity contribution in [3.8, 4) is 0 Å². The standard InChI is InChI=1S/C20H20N4O5S/c1-2-29-20(26)23-9-8-14-15(11-23)30-19-17(14)18(25)21-16(22-19)7-6-12-4-3-5-13(10-12)24(27)28/h3-7,10,16,22H,2,8-9,11H2,1H3,(H,21,25)/b7-6-/t16-/m1/s1. The Morgan fingerprint density at radius 2 is 2.27 bits per heavy atom. The van der Waals surface area contributed by atoms with Gasteiger partial charge in [-0.1, -0.05) is 18.2 Å². The zero-order valence-corrected chi connectivity index (χ0v) is 17.0. The minimum atomic E-state index is -0.444. The average Bonchev–Trinajstić information content (AvgIpc) is 3.10. The third-order valence-electron chi connectivity index (χ3n) is 4.95. The van der Waals surface area contributed by atoms with E-state index in [9.17, 15) is 19.7 Å². The SMILES string of the molecule is CCOC(=O)N1CCc2c(sc3c2C(=O)N[C@@H](/C=C\c2cccc([N+](=O)[O-])c2)N3)C1. The van der Waals surface area contributed by atoms with E-state index in [4.69, 9.17) is 4.74 Å². The summed E-state index contributed by atoms with van der Waals surface area (Å²) < 4.78 is 5.08. The van der Waals surface area contributed by atoms with Crippen LogP contribution in [0.1, 0.15) is 33.3 Å². The molecule has 0 saturated heterocycles. The molecule has 1 aromatic carbocycles. The number of anilines is 1. The molecule has 2 amide bonds. The normalized spacial score (nSPS) is 17.7. The Bertz CT molecular complexity index is 1050. The fraction of sp³-hybridized carbons (Fsp3) is 0.300. The number of nitrogens with zero attached hydrogens (tertiary/aromatic N) is 2. The third kappa shape index (κ3) is 3.86. The molecule has 2 aliphatic rings. The predicted molar refractivity (Wildman–Crippen MR) is 112 cm³/mol. The number of amides is 2. The molecule has 1 atom stereocenters. The van der Waals surface area contributed by atoms with Crippen LogP contribution in [-0.2, 0) is 17.7 Å². The summed E-state index contributed by atoms with van der Waals surface area (Å²) in [5.41, 5.74) is 2.29. The number of nitrogens with one attached hydrogen (secondary N) is 2. The molecule has 0 saturated carbocycles. The second-order valence-corrected chi connectivity index (χ2v) is 7.99. The van der Waals surface area contributed by atoms with Crippen LogP contribution in [0.2, 0.25) is 0 Å². The second-order valence-electron chi connectivity index (χ2n) is 6.89. The molecule has 10 heteroatoms. The summed E-state index contributed by atoms with van der Waals surface area (Å²) >= 11 is 1.47. The first kappa shape index (κ1) is 19.9. The van der Waals surface area contributed by atoms with Gasteiger partial charge in [0.1, 0.15) is 11.2 Å². The molecule has 2 aliphatic heterocycles. The van der Waals surface area contributed by atoms with E-state index in [1.807, 2.05) is 0 Å². The van der Waals surface area contributed by atoms with Gasteiger partial charge in [0.05, 0.1) is 23.6 Å². The second kappa shape index (κ2) is 8.15. The summed E-state index contributed by atoms with van der Waals surface area (Å²) in [6, 6.07) is 6.28. The van der Waals surface area contributed by atoms with Crippen LogP contribution in [0.3, 0.4) is 0 Å². The summed E-state index contributed by atoms with van der Waals surface area (Å²) in [4.78, 5) is 37.8. The van der Waals surface area contributed by atoms with Gasteiger partial charge in [-0.15, -0.1) is 11.3 Å². The number of rotatable bonds is 4. The maximum absolute atomic E-state index is 12.7. The Hall–Kier alpha value is -3.40. The number of hydrogen-bond acceptors (Lipinski definition) is 7. The van der Waals surface area contributed by atoms with E-state index in [0.717, 1.165) is 15.4 Å². The first-order valence-corrected chi connectivity index (χ1v) is 10.3. The number of non-ortho nitro benzene ring substituents is 1. The number of ether oxygens (including phenoxy) is 1. The van der Waals surface area contributed by atoms with Crippen molar-refractivity contribution in [2.45, 2.75) is 26.1 Å². The molecule has 0 radical (unpaired) electrons. The monoisotopic (exact) mass is 428 g/mol. The highest BCUT2D eigenvalue weighted by atomic mass is 32.1. The van der Waals surface area contributed by atoms with Crippen LogP contribution >= 0.6 is 11.3 Å². The van der Waals surface area contributed by atoms with E-state index >= 15 is 0 Å². The molecule has 4 rings (SSSR count). The first-order chi connectivity index (χ1) is 14.5. The Labute approximate surface area is 176 Å². The molecule has 0 fully saturated rings. The van der Waals surface area contributed by atoms with E-state index in [1.165, 1.54) is 23.5 Å². The maximum Gasteiger partial charge on any atom is 0.410 e. The number of nitro groups is 1. The third-order valence-corrected chi connectivity index (χ3v) is 6.09. The molecular weight excluding hydrogens is 408 g/mol. The van der Waals surface area contributed by atoms with Crippen molar-refractivity contribution >= 4 is 40.1 Å². The fourth-order valence-electron chi connectivity index (χ4n) is 3.55. The highest BCUT2D eigenvalue weighted by Gasteiger charge is 2.33. The number of benzene rings is 1. The average molecular weight is 428 g/mol. The topological polar surface area (TPSA) is 114 Å². The number of nitro benzene ring substituents is 1. The highest BCUT2D eigenvalue weighted by molar-refractivity contribution is 7.16. The summed E-state index contributed by atoms with van der Waals surface area (Å²) in [6.45, 7) is 3.03. The van der Waals surface area contributed by atoms with Crippen LogP contribution in [0, 0.1) is 10.1 Å². The first-order valence-electron chi connectivity index (χ1n) is 9.52. The fourth-order valence-corrected chi connectivity index (χ4v) is 4.85. The molecule has 0 aliphatic carbocycles. The number of hydrogen-bond donors (Lipinski definition) is 2. The molecule has 156 valence electrons. The van der Waals surface area contributed by atoms with E-state index in [-0.39, 0.29) is 17.7 Å². The van der Waals surface area contributed by atoms with Crippen molar-refractivity contribution in [3.05, 3.63) is 62.0 Å². The van der Waals surface area contributed by atoms with Gasteiger partial charge in [-0.3, -0.25) is 14.9 Å². The van der Waals surface area contributed by atoms with Crippen LogP contribution in [-0.4, -0.2) is 41.1 Å². The lowest BCUT2D eigenvalue weighted by molar-refractivity contribution is -0.384. The largest absolute Gasteiger partial charge is 0.450 e. The van der Waals surface area contributed by atoms with Crippen molar-refractivity contribution in [1.82, 2.24) is 10.2 Å². The summed E-state index contributed by atoms with van der Waals surface area (Å²) in [5.74, 6) is -0.167. The molecule has 9 nitrogen and oxygen atoms in total. The lowest BCUT2D eigenvalue weighted by atomic mass is 10.0. The number of carbonyl (C=O) groups is 2. The van der Waals surface area contributed by atoms with Crippen LogP contribution in [0.25, 0.3) is 6.08 Å². The molecule has 1 aromatic heterocycles. The smallest absolute Gasteiger partial charge is 0.410 e. The van der Waals surface area contributed by atoms with Crippen molar-refractivity contribution in [2.75, 3.05) is 18.5 Å². The van der Waals surface area contributed by atoms with Gasteiger partial charge in [0.15, 0.2) is 0 Å². The minimum absolute atomic E-state index is 0.0113. The van der Waals surface area contributed by atoms with Crippen molar-refractivity contribution < 1.29 is 19.2 Å². The van der Waals surface area contributed by atoms with Gasteiger partial charge in [0, 0.05) is 23.6 Å². The van der Waals surface area contributed by atoms with Crippen molar-refractivity contribution in [2.24, 2.45) is 0 Å². The molecular formula is C20H20N4O5S. The summed E-state index contributed by atoms with van der Waals surface area (Å²) in [5, 5.41) is 17.9. The number of thiophene rings is 1. The summed E-state index contributed by atoms with van der Waals surface area (Å²) in [6.07, 6.45) is 3.30.